The van der Waals surface area contributed by atoms with E-state index in [1.54, 1.807) is 7.11 Å². The van der Waals surface area contributed by atoms with Crippen molar-refractivity contribution in [2.24, 2.45) is 5.73 Å². The van der Waals surface area contributed by atoms with Crippen LogP contribution >= 0.6 is 0 Å². The topological polar surface area (TPSA) is 58.7 Å². The van der Waals surface area contributed by atoms with Gasteiger partial charge >= 0.3 is 0 Å². The number of nitrogens with two attached hydrogens (primary N) is 1. The minimum Gasteiger partial charge on any atom is -0.495 e. The van der Waals surface area contributed by atoms with Gasteiger partial charge in [-0.2, -0.15) is 0 Å². The van der Waals surface area contributed by atoms with Crippen molar-refractivity contribution in [3.63, 3.8) is 0 Å². The number of hydrogen-bond acceptors (Lipinski definition) is 4. The molecule has 3 N–H and O–H groups in total. The summed E-state index contributed by atoms with van der Waals surface area (Å²) in [6.07, 6.45) is -0.524. The van der Waals surface area contributed by atoms with Crippen LogP contribution in [0.5, 0.6) is 5.75 Å². The van der Waals surface area contributed by atoms with Crippen molar-refractivity contribution >= 4 is 5.69 Å². The van der Waals surface area contributed by atoms with Crippen molar-refractivity contribution in [1.29, 1.82) is 0 Å². The molecule has 1 atom stereocenters. The Morgan fingerprint density at radius 1 is 1.39 bits per heavy atom. The van der Waals surface area contributed by atoms with Crippen molar-refractivity contribution in [3.8, 4) is 5.75 Å². The van der Waals surface area contributed by atoms with Crippen molar-refractivity contribution in [2.45, 2.75) is 25.9 Å². The van der Waals surface area contributed by atoms with Crippen LogP contribution in [-0.4, -0.2) is 38.5 Å². The molecular weight excluding hydrogens is 228 g/mol. The highest BCUT2D eigenvalue weighted by Crippen LogP contribution is 2.31. The van der Waals surface area contributed by atoms with E-state index in [0.717, 1.165) is 11.4 Å². The lowest BCUT2D eigenvalue weighted by Gasteiger charge is -2.24. The summed E-state index contributed by atoms with van der Waals surface area (Å²) in [6.45, 7) is 5.05. The van der Waals surface area contributed by atoms with E-state index in [-0.39, 0.29) is 6.54 Å². The lowest BCUT2D eigenvalue weighted by Crippen LogP contribution is -2.34. The smallest absolute Gasteiger partial charge is 0.142 e. The number of likely N-dealkylation sites (N-methyl/N-ethyl adjacent to an activating group) is 1. The molecule has 0 aliphatic rings. The number of aliphatic hydroxyl groups is 1. The summed E-state index contributed by atoms with van der Waals surface area (Å²) in [4.78, 5) is 1.96. The van der Waals surface area contributed by atoms with Gasteiger partial charge in [-0.3, -0.25) is 0 Å². The van der Waals surface area contributed by atoms with Crippen LogP contribution in [0, 0.1) is 0 Å². The van der Waals surface area contributed by atoms with E-state index in [2.05, 4.69) is 19.9 Å². The van der Waals surface area contributed by atoms with Gasteiger partial charge < -0.3 is 20.5 Å². The maximum atomic E-state index is 9.59. The Bertz CT molecular complexity index is 380. The Kier molecular flexibility index (Phi) is 5.44. The van der Waals surface area contributed by atoms with E-state index in [0.29, 0.717) is 12.5 Å². The van der Waals surface area contributed by atoms with Crippen LogP contribution in [0.2, 0.25) is 0 Å². The Morgan fingerprint density at radius 3 is 2.56 bits per heavy atom. The maximum absolute atomic E-state index is 9.59. The maximum Gasteiger partial charge on any atom is 0.142 e. The van der Waals surface area contributed by atoms with E-state index in [1.165, 1.54) is 5.56 Å². The number of aliphatic hydroxyl groups excluding tert-OH is 1. The zero-order valence-electron chi connectivity index (χ0n) is 11.7. The van der Waals surface area contributed by atoms with Crippen LogP contribution in [0.15, 0.2) is 18.2 Å². The third-order valence-corrected chi connectivity index (χ3v) is 3.04. The number of benzene rings is 1. The molecule has 1 aromatic rings. The van der Waals surface area contributed by atoms with Crippen molar-refractivity contribution in [3.05, 3.63) is 23.8 Å². The fraction of sp³-hybridized carbons (Fsp3) is 0.571. The molecule has 1 unspecified atom stereocenters. The van der Waals surface area contributed by atoms with Gasteiger partial charge in [0.2, 0.25) is 0 Å². The Hall–Kier alpha value is -1.26. The average molecular weight is 252 g/mol. The van der Waals surface area contributed by atoms with E-state index in [9.17, 15) is 5.11 Å². The number of rotatable bonds is 6. The summed E-state index contributed by atoms with van der Waals surface area (Å²) in [6, 6.07) is 6.16. The molecule has 0 bridgehead atoms. The number of anilines is 1. The largest absolute Gasteiger partial charge is 0.495 e. The van der Waals surface area contributed by atoms with E-state index in [1.807, 2.05) is 24.1 Å². The van der Waals surface area contributed by atoms with E-state index in [4.69, 9.17) is 10.5 Å². The molecule has 1 aromatic carbocycles. The first-order valence-corrected chi connectivity index (χ1v) is 6.26. The Morgan fingerprint density at radius 2 is 2.06 bits per heavy atom. The lowest BCUT2D eigenvalue weighted by molar-refractivity contribution is 0.189. The summed E-state index contributed by atoms with van der Waals surface area (Å²) in [5, 5.41) is 9.59. The zero-order chi connectivity index (χ0) is 13.7. The number of methoxy groups -OCH3 is 1. The van der Waals surface area contributed by atoms with Crippen LogP contribution < -0.4 is 15.4 Å². The predicted molar refractivity (Wildman–Crippen MR) is 75.4 cm³/mol. The van der Waals surface area contributed by atoms with Gasteiger partial charge in [0.15, 0.2) is 0 Å². The van der Waals surface area contributed by atoms with Gasteiger partial charge in [-0.1, -0.05) is 19.9 Å². The molecule has 0 saturated heterocycles. The molecule has 1 rings (SSSR count). The summed E-state index contributed by atoms with van der Waals surface area (Å²) < 4.78 is 5.42. The highest BCUT2D eigenvalue weighted by Gasteiger charge is 2.13. The second-order valence-electron chi connectivity index (χ2n) is 4.86. The van der Waals surface area contributed by atoms with Crippen LogP contribution in [0.1, 0.15) is 25.3 Å². The summed E-state index contributed by atoms with van der Waals surface area (Å²) >= 11 is 0. The third-order valence-electron chi connectivity index (χ3n) is 3.04. The second kappa shape index (κ2) is 6.61. The van der Waals surface area contributed by atoms with E-state index >= 15 is 0 Å². The van der Waals surface area contributed by atoms with Crippen LogP contribution in [0.3, 0.4) is 0 Å². The third kappa shape index (κ3) is 3.62. The molecule has 0 spiro atoms. The zero-order valence-corrected chi connectivity index (χ0v) is 11.7. The lowest BCUT2D eigenvalue weighted by atomic mass is 10.0. The van der Waals surface area contributed by atoms with Crippen molar-refractivity contribution in [2.75, 3.05) is 32.1 Å². The molecule has 0 amide bonds. The number of ether oxygens (including phenoxy) is 1. The molecule has 0 aliphatic carbocycles. The predicted octanol–water partition coefficient (Wildman–Crippen LogP) is 1.57. The van der Waals surface area contributed by atoms with Gasteiger partial charge in [0.1, 0.15) is 5.75 Å². The Balaban J connectivity index is 2.94. The molecule has 4 nitrogen and oxygen atoms in total. The minimum absolute atomic E-state index is 0.261. The normalized spacial score (nSPS) is 12.6. The molecule has 0 aliphatic heterocycles. The highest BCUT2D eigenvalue weighted by molar-refractivity contribution is 5.59. The van der Waals surface area contributed by atoms with Crippen LogP contribution in [0.25, 0.3) is 0 Å². The number of nitrogens with zero attached hydrogens (tertiary/aromatic N) is 1. The van der Waals surface area contributed by atoms with Crippen LogP contribution in [0.4, 0.5) is 5.69 Å². The van der Waals surface area contributed by atoms with Gasteiger partial charge in [-0.15, -0.1) is 0 Å². The van der Waals surface area contributed by atoms with Gasteiger partial charge in [0, 0.05) is 20.1 Å². The monoisotopic (exact) mass is 252 g/mol. The molecule has 18 heavy (non-hydrogen) atoms. The fourth-order valence-electron chi connectivity index (χ4n) is 1.86. The quantitative estimate of drug-likeness (QED) is 0.807. The van der Waals surface area contributed by atoms with E-state index < -0.39 is 6.10 Å². The number of hydrogen-bond donors (Lipinski definition) is 2. The first kappa shape index (κ1) is 14.8. The molecule has 0 aromatic heterocycles. The van der Waals surface area contributed by atoms with Crippen molar-refractivity contribution in [1.82, 2.24) is 0 Å². The second-order valence-corrected chi connectivity index (χ2v) is 4.86. The summed E-state index contributed by atoms with van der Waals surface area (Å²) in [5.41, 5.74) is 7.63. The first-order valence-electron chi connectivity index (χ1n) is 6.26. The SMILES string of the molecule is COc1cc(C(C)C)ccc1N(C)CC(O)CN. The van der Waals surface area contributed by atoms with Crippen molar-refractivity contribution < 1.29 is 9.84 Å². The highest BCUT2D eigenvalue weighted by atomic mass is 16.5. The standard InChI is InChI=1S/C14H24N2O2/c1-10(2)11-5-6-13(14(7-11)18-4)16(3)9-12(17)8-15/h5-7,10,12,17H,8-9,15H2,1-4H3. The van der Waals surface area contributed by atoms with Gasteiger partial charge in [0.25, 0.3) is 0 Å². The first-order chi connectivity index (χ1) is 8.49. The molecule has 4 heteroatoms. The molecule has 102 valence electrons. The van der Waals surface area contributed by atoms with Crippen LogP contribution in [-0.2, 0) is 0 Å². The van der Waals surface area contributed by atoms with Gasteiger partial charge in [-0.25, -0.2) is 0 Å². The minimum atomic E-state index is -0.524. The fourth-order valence-corrected chi connectivity index (χ4v) is 1.86. The molecule has 0 radical (unpaired) electrons. The average Bonchev–Trinajstić information content (AvgIpc) is 2.37. The summed E-state index contributed by atoms with van der Waals surface area (Å²) in [7, 11) is 3.59. The van der Waals surface area contributed by atoms with Gasteiger partial charge in [-0.05, 0) is 23.6 Å². The molecule has 0 heterocycles. The molecule has 0 saturated carbocycles. The van der Waals surface area contributed by atoms with Gasteiger partial charge in [0.05, 0.1) is 18.9 Å². The Labute approximate surface area is 109 Å². The molecule has 0 fully saturated rings. The molecular formula is C14H24N2O2. The summed E-state index contributed by atoms with van der Waals surface area (Å²) in [5.74, 6) is 1.29.